The van der Waals surface area contributed by atoms with Crippen LogP contribution >= 0.6 is 0 Å². The molecule has 0 bridgehead atoms. The first kappa shape index (κ1) is 32.5. The Morgan fingerprint density at radius 1 is 0.729 bits per heavy atom. The van der Waals surface area contributed by atoms with Gasteiger partial charge in [0.2, 0.25) is 0 Å². The van der Waals surface area contributed by atoms with E-state index in [2.05, 4.69) is 24.3 Å². The van der Waals surface area contributed by atoms with Gasteiger partial charge in [0.25, 0.3) is 0 Å². The van der Waals surface area contributed by atoms with Crippen molar-refractivity contribution in [1.82, 2.24) is 4.90 Å². The zero-order chi connectivity index (χ0) is 33.5. The van der Waals surface area contributed by atoms with Gasteiger partial charge in [0, 0.05) is 5.92 Å². The van der Waals surface area contributed by atoms with E-state index >= 15 is 0 Å². The quantitative estimate of drug-likeness (QED) is 0.101. The first-order valence-corrected chi connectivity index (χ1v) is 16.3. The fourth-order valence-corrected chi connectivity index (χ4v) is 7.11. The summed E-state index contributed by atoms with van der Waals surface area (Å²) in [6.07, 6.45) is 0.603. The highest BCUT2D eigenvalue weighted by molar-refractivity contribution is 5.83. The van der Waals surface area contributed by atoms with Gasteiger partial charge in [0.05, 0.1) is 7.11 Å². The van der Waals surface area contributed by atoms with Crippen molar-refractivity contribution in [2.24, 2.45) is 5.73 Å². The highest BCUT2D eigenvalue weighted by Crippen LogP contribution is 2.47. The van der Waals surface area contributed by atoms with E-state index in [-0.39, 0.29) is 18.9 Å². The van der Waals surface area contributed by atoms with Gasteiger partial charge >= 0.3 is 12.1 Å². The molecule has 0 heterocycles. The first-order chi connectivity index (χ1) is 23.5. The molecule has 7 heteroatoms. The number of rotatable bonds is 13. The average Bonchev–Trinajstić information content (AvgIpc) is 3.46. The predicted molar refractivity (Wildman–Crippen MR) is 187 cm³/mol. The number of carbonyl (C=O) groups is 2. The largest absolute Gasteiger partial charge is 0.497 e. The molecule has 0 unspecified atom stereocenters. The van der Waals surface area contributed by atoms with Crippen LogP contribution in [0.15, 0.2) is 133 Å². The molecule has 7 nitrogen and oxygen atoms in total. The van der Waals surface area contributed by atoms with E-state index in [0.717, 1.165) is 33.4 Å². The molecule has 0 saturated heterocycles. The number of amides is 1. The third kappa shape index (κ3) is 6.05. The summed E-state index contributed by atoms with van der Waals surface area (Å²) in [5.41, 5.74) is 11.0. The number of hydrogen-bond acceptors (Lipinski definition) is 5. The lowest BCUT2D eigenvalue weighted by atomic mass is 9.74. The summed E-state index contributed by atoms with van der Waals surface area (Å²) in [6, 6.07) is 41.6. The fraction of sp³-hybridized carbons (Fsp3) is 0.220. The van der Waals surface area contributed by atoms with Crippen LogP contribution in [0.25, 0.3) is 11.1 Å². The third-order valence-electron chi connectivity index (χ3n) is 9.31. The highest BCUT2D eigenvalue weighted by atomic mass is 16.6. The van der Waals surface area contributed by atoms with Crippen molar-refractivity contribution in [3.8, 4) is 16.9 Å². The van der Waals surface area contributed by atoms with E-state index < -0.39 is 23.6 Å². The van der Waals surface area contributed by atoms with Crippen molar-refractivity contribution in [2.75, 3.05) is 20.3 Å². The number of aliphatic carboxylic acids is 1. The van der Waals surface area contributed by atoms with Crippen molar-refractivity contribution >= 4 is 12.1 Å². The molecule has 1 aliphatic rings. The molecule has 6 rings (SSSR count). The number of carbonyl (C=O) groups excluding carboxylic acids is 1. The van der Waals surface area contributed by atoms with Crippen molar-refractivity contribution in [3.63, 3.8) is 0 Å². The minimum absolute atomic E-state index is 0.0424. The lowest BCUT2D eigenvalue weighted by Crippen LogP contribution is -2.58. The molecule has 0 aromatic heterocycles. The molecule has 244 valence electrons. The Morgan fingerprint density at radius 2 is 1.23 bits per heavy atom. The summed E-state index contributed by atoms with van der Waals surface area (Å²) in [7, 11) is 1.59. The molecule has 48 heavy (non-hydrogen) atoms. The Morgan fingerprint density at radius 3 is 1.73 bits per heavy atom. The monoisotopic (exact) mass is 640 g/mol. The smallest absolute Gasteiger partial charge is 0.411 e. The SMILES string of the molecule is COc1ccc(C(c2ccccc2)(c2ccccc2)N(C(=O)OCC2c3ccccc3-c3ccccc32)[C@H](CCCCN)C(=O)O)cc1. The minimum atomic E-state index is -1.39. The first-order valence-electron chi connectivity index (χ1n) is 16.3. The van der Waals surface area contributed by atoms with Crippen LogP contribution in [0.4, 0.5) is 4.79 Å². The van der Waals surface area contributed by atoms with Gasteiger partial charge < -0.3 is 20.3 Å². The maximum Gasteiger partial charge on any atom is 0.411 e. The van der Waals surface area contributed by atoms with Crippen LogP contribution in [-0.4, -0.2) is 48.4 Å². The van der Waals surface area contributed by atoms with E-state index in [4.69, 9.17) is 15.2 Å². The molecule has 0 fully saturated rings. The van der Waals surface area contributed by atoms with E-state index in [1.807, 2.05) is 109 Å². The summed E-state index contributed by atoms with van der Waals surface area (Å²) in [4.78, 5) is 29.8. The summed E-state index contributed by atoms with van der Waals surface area (Å²) in [5, 5.41) is 10.9. The molecular weight excluding hydrogens is 600 g/mol. The van der Waals surface area contributed by atoms with Crippen molar-refractivity contribution in [3.05, 3.63) is 161 Å². The number of methoxy groups -OCH3 is 1. The van der Waals surface area contributed by atoms with Crippen LogP contribution in [0.3, 0.4) is 0 Å². The van der Waals surface area contributed by atoms with Crippen LogP contribution in [0.1, 0.15) is 53.0 Å². The van der Waals surface area contributed by atoms with Crippen LogP contribution < -0.4 is 10.5 Å². The highest BCUT2D eigenvalue weighted by Gasteiger charge is 2.50. The van der Waals surface area contributed by atoms with E-state index in [1.165, 1.54) is 4.90 Å². The van der Waals surface area contributed by atoms with Crippen LogP contribution in [0.2, 0.25) is 0 Å². The number of benzene rings is 5. The van der Waals surface area contributed by atoms with Gasteiger partial charge in [-0.2, -0.15) is 0 Å². The van der Waals surface area contributed by atoms with Crippen LogP contribution in [0, 0.1) is 0 Å². The molecule has 0 spiro atoms. The number of nitrogens with two attached hydrogens (primary N) is 1. The molecule has 5 aromatic carbocycles. The number of hydrogen-bond donors (Lipinski definition) is 2. The summed E-state index contributed by atoms with van der Waals surface area (Å²) >= 11 is 0. The van der Waals surface area contributed by atoms with Gasteiger partial charge in [-0.15, -0.1) is 0 Å². The number of ether oxygens (including phenoxy) is 2. The Balaban J connectivity index is 1.53. The third-order valence-corrected chi connectivity index (χ3v) is 9.31. The van der Waals surface area contributed by atoms with Gasteiger partial charge in [-0.1, -0.05) is 121 Å². The van der Waals surface area contributed by atoms with Gasteiger partial charge in [-0.3, -0.25) is 4.90 Å². The second-order valence-corrected chi connectivity index (χ2v) is 12.0. The predicted octanol–water partition coefficient (Wildman–Crippen LogP) is 7.82. The molecule has 1 aliphatic carbocycles. The Hall–Kier alpha value is -5.40. The molecule has 0 radical (unpaired) electrons. The number of nitrogens with zero attached hydrogens (tertiary/aromatic N) is 1. The normalized spacial score (nSPS) is 12.9. The maximum absolute atomic E-state index is 15.0. The molecule has 0 aliphatic heterocycles. The van der Waals surface area contributed by atoms with E-state index in [9.17, 15) is 14.7 Å². The average molecular weight is 641 g/mol. The van der Waals surface area contributed by atoms with Gasteiger partial charge in [-0.05, 0) is 76.9 Å². The summed E-state index contributed by atoms with van der Waals surface area (Å²) in [6.45, 7) is 0.457. The lowest BCUT2D eigenvalue weighted by molar-refractivity contribution is -0.144. The Labute approximate surface area is 281 Å². The minimum Gasteiger partial charge on any atom is -0.497 e. The summed E-state index contributed by atoms with van der Waals surface area (Å²) < 4.78 is 11.8. The zero-order valence-corrected chi connectivity index (χ0v) is 27.0. The fourth-order valence-electron chi connectivity index (χ4n) is 7.11. The van der Waals surface area contributed by atoms with Crippen molar-refractivity contribution in [1.29, 1.82) is 0 Å². The second kappa shape index (κ2) is 14.6. The molecular formula is C41H40N2O5. The standard InChI is InChI=1S/C41H40N2O5/c1-47-32-25-23-31(24-26-32)41(29-14-4-2-5-15-29,30-16-6-3-7-17-30)43(38(39(44)45)22-12-13-27-42)40(46)48-28-37-35-20-10-8-18-33(35)34-19-9-11-21-36(34)37/h2-11,14-21,23-26,37-38H,12-13,22,27-28,42H2,1H3,(H,44,45)/t38-/m1/s1. The molecule has 0 saturated carbocycles. The maximum atomic E-state index is 15.0. The zero-order valence-electron chi connectivity index (χ0n) is 27.0. The lowest BCUT2D eigenvalue weighted by Gasteiger charge is -2.47. The Kier molecular flexibility index (Phi) is 9.88. The van der Waals surface area contributed by atoms with Gasteiger partial charge in [-0.25, -0.2) is 9.59 Å². The van der Waals surface area contributed by atoms with Crippen molar-refractivity contribution < 1.29 is 24.2 Å². The van der Waals surface area contributed by atoms with E-state index in [1.54, 1.807) is 7.11 Å². The molecule has 1 atom stereocenters. The van der Waals surface area contributed by atoms with Gasteiger partial charge in [0.15, 0.2) is 0 Å². The number of carboxylic acid groups (broad SMARTS) is 1. The number of unbranched alkanes of at least 4 members (excludes halogenated alkanes) is 1. The topological polar surface area (TPSA) is 102 Å². The molecule has 3 N–H and O–H groups in total. The number of carboxylic acids is 1. The van der Waals surface area contributed by atoms with Crippen LogP contribution in [0.5, 0.6) is 5.75 Å². The van der Waals surface area contributed by atoms with Crippen molar-refractivity contribution in [2.45, 2.75) is 36.8 Å². The molecule has 1 amide bonds. The number of fused-ring (bicyclic) bond motifs is 3. The molecule has 5 aromatic rings. The van der Waals surface area contributed by atoms with Gasteiger partial charge in [0.1, 0.15) is 23.9 Å². The Bertz CT molecular complexity index is 1760. The second-order valence-electron chi connectivity index (χ2n) is 12.0. The summed E-state index contributed by atoms with van der Waals surface area (Å²) in [5.74, 6) is -0.683. The van der Waals surface area contributed by atoms with E-state index in [0.29, 0.717) is 30.7 Å². The van der Waals surface area contributed by atoms with Crippen LogP contribution in [-0.2, 0) is 15.1 Å².